The maximum Gasteiger partial charge on any atom is 0.105 e. The third kappa shape index (κ3) is 2.14. The van der Waals surface area contributed by atoms with Crippen molar-refractivity contribution in [2.24, 2.45) is 0 Å². The lowest BCUT2D eigenvalue weighted by atomic mass is 9.81. The molecule has 0 spiro atoms. The maximum absolute atomic E-state index is 10.7. The predicted octanol–water partition coefficient (Wildman–Crippen LogP) is 3.57. The van der Waals surface area contributed by atoms with Gasteiger partial charge in [0.15, 0.2) is 0 Å². The fraction of sp³-hybridized carbons (Fsp3) is 0.667. The molecule has 2 heterocycles. The van der Waals surface area contributed by atoms with Gasteiger partial charge in [-0.3, -0.25) is 0 Å². The largest absolute Gasteiger partial charge is 0.384 e. The minimum Gasteiger partial charge on any atom is -0.384 e. The summed E-state index contributed by atoms with van der Waals surface area (Å²) in [6, 6.07) is 1.85. The van der Waals surface area contributed by atoms with Gasteiger partial charge >= 0.3 is 0 Å². The van der Waals surface area contributed by atoms with Crippen LogP contribution in [0.25, 0.3) is 0 Å². The van der Waals surface area contributed by atoms with Crippen molar-refractivity contribution in [1.29, 1.82) is 0 Å². The van der Waals surface area contributed by atoms with Gasteiger partial charge in [0, 0.05) is 12.8 Å². The molecule has 2 unspecified atom stereocenters. The average Bonchev–Trinajstić information content (AvgIpc) is 2.65. The van der Waals surface area contributed by atoms with Gasteiger partial charge in [-0.25, -0.2) is 0 Å². The molecule has 1 aromatic rings. The molecule has 1 saturated heterocycles. The Balaban J connectivity index is 2.29. The molecule has 4 heteroatoms. The first kappa shape index (κ1) is 12.4. The van der Waals surface area contributed by atoms with Gasteiger partial charge in [-0.2, -0.15) is 0 Å². The summed E-state index contributed by atoms with van der Waals surface area (Å²) in [5, 5.41) is 13.3. The van der Waals surface area contributed by atoms with E-state index in [-0.39, 0.29) is 5.60 Å². The van der Waals surface area contributed by atoms with Crippen molar-refractivity contribution in [2.45, 2.75) is 44.3 Å². The summed E-state index contributed by atoms with van der Waals surface area (Å²) in [5.74, 6) is 0. The van der Waals surface area contributed by atoms with Crippen LogP contribution in [0.4, 0.5) is 0 Å². The molecule has 2 atom stereocenters. The van der Waals surface area contributed by atoms with E-state index >= 15 is 0 Å². The molecule has 0 saturated carbocycles. The van der Waals surface area contributed by atoms with Crippen LogP contribution >= 0.6 is 22.9 Å². The molecule has 2 nitrogen and oxygen atoms in total. The smallest absolute Gasteiger partial charge is 0.105 e. The van der Waals surface area contributed by atoms with E-state index in [0.29, 0.717) is 24.5 Å². The van der Waals surface area contributed by atoms with Gasteiger partial charge in [0.2, 0.25) is 0 Å². The van der Waals surface area contributed by atoms with Gasteiger partial charge in [-0.15, -0.1) is 11.3 Å². The third-order valence-corrected chi connectivity index (χ3v) is 4.96. The normalized spacial score (nSPS) is 35.2. The monoisotopic (exact) mass is 260 g/mol. The number of rotatable bonds is 2. The second kappa shape index (κ2) is 4.30. The van der Waals surface area contributed by atoms with Crippen LogP contribution in [0.2, 0.25) is 5.02 Å². The van der Waals surface area contributed by atoms with Gasteiger partial charge in [0.25, 0.3) is 0 Å². The molecule has 1 aliphatic rings. The molecule has 1 aliphatic heterocycles. The first-order valence-electron chi connectivity index (χ1n) is 5.59. The van der Waals surface area contributed by atoms with Crippen LogP contribution in [-0.4, -0.2) is 17.3 Å². The zero-order chi connectivity index (χ0) is 11.8. The summed E-state index contributed by atoms with van der Waals surface area (Å²) < 4.78 is 5.75. The summed E-state index contributed by atoms with van der Waals surface area (Å²) in [6.45, 7) is 4.73. The van der Waals surface area contributed by atoms with Crippen molar-refractivity contribution < 1.29 is 9.84 Å². The van der Waals surface area contributed by atoms with E-state index in [1.807, 2.05) is 11.4 Å². The highest BCUT2D eigenvalue weighted by atomic mass is 35.5. The van der Waals surface area contributed by atoms with Gasteiger partial charge in [-0.1, -0.05) is 18.5 Å². The standard InChI is InChI=1S/C12H17ClO2S/c1-3-11(2)8-12(14,5-6-15-11)10-9(13)4-7-16-10/h4,7,14H,3,5-6,8H2,1-2H3. The Kier molecular flexibility index (Phi) is 3.32. The number of aliphatic hydroxyl groups is 1. The number of hydrogen-bond donors (Lipinski definition) is 1. The highest BCUT2D eigenvalue weighted by Crippen LogP contribution is 2.45. The zero-order valence-corrected chi connectivity index (χ0v) is 11.2. The Bertz CT molecular complexity index is 379. The molecule has 0 aromatic carbocycles. The van der Waals surface area contributed by atoms with Crippen LogP contribution in [-0.2, 0) is 10.3 Å². The minimum atomic E-state index is -0.811. The van der Waals surface area contributed by atoms with E-state index in [9.17, 15) is 5.11 Å². The fourth-order valence-corrected chi connectivity index (χ4v) is 3.63. The number of hydrogen-bond acceptors (Lipinski definition) is 3. The number of thiophene rings is 1. The van der Waals surface area contributed by atoms with Gasteiger partial charge < -0.3 is 9.84 Å². The van der Waals surface area contributed by atoms with Crippen molar-refractivity contribution in [3.8, 4) is 0 Å². The Hall–Kier alpha value is -0.0900. The van der Waals surface area contributed by atoms with Crippen LogP contribution < -0.4 is 0 Å². The molecule has 90 valence electrons. The van der Waals surface area contributed by atoms with Crippen LogP contribution in [0.15, 0.2) is 11.4 Å². The van der Waals surface area contributed by atoms with E-state index in [2.05, 4.69) is 13.8 Å². The molecule has 0 aliphatic carbocycles. The Morgan fingerprint density at radius 1 is 1.62 bits per heavy atom. The Morgan fingerprint density at radius 2 is 2.38 bits per heavy atom. The predicted molar refractivity (Wildman–Crippen MR) is 67.1 cm³/mol. The third-order valence-electron chi connectivity index (χ3n) is 3.42. The lowest BCUT2D eigenvalue weighted by molar-refractivity contribution is -0.156. The van der Waals surface area contributed by atoms with Crippen molar-refractivity contribution in [2.75, 3.05) is 6.61 Å². The lowest BCUT2D eigenvalue weighted by Crippen LogP contribution is -2.45. The van der Waals surface area contributed by atoms with Gasteiger partial charge in [-0.05, 0) is 24.8 Å². The highest BCUT2D eigenvalue weighted by Gasteiger charge is 2.43. The van der Waals surface area contributed by atoms with Crippen molar-refractivity contribution in [1.82, 2.24) is 0 Å². The molecule has 16 heavy (non-hydrogen) atoms. The first-order valence-corrected chi connectivity index (χ1v) is 6.85. The van der Waals surface area contributed by atoms with E-state index in [0.717, 1.165) is 11.3 Å². The van der Waals surface area contributed by atoms with E-state index in [1.165, 1.54) is 11.3 Å². The number of ether oxygens (including phenoxy) is 1. The molecular formula is C12H17ClO2S. The van der Waals surface area contributed by atoms with Gasteiger partial charge in [0.05, 0.1) is 22.1 Å². The van der Waals surface area contributed by atoms with Crippen molar-refractivity contribution >= 4 is 22.9 Å². The fourth-order valence-electron chi connectivity index (χ4n) is 2.27. The quantitative estimate of drug-likeness (QED) is 0.881. The lowest BCUT2D eigenvalue weighted by Gasteiger charge is -2.42. The molecule has 1 N–H and O–H groups in total. The van der Waals surface area contributed by atoms with Crippen LogP contribution in [0.1, 0.15) is 38.0 Å². The molecule has 1 fully saturated rings. The molecule has 0 radical (unpaired) electrons. The van der Waals surface area contributed by atoms with E-state index in [1.54, 1.807) is 0 Å². The average molecular weight is 261 g/mol. The highest BCUT2D eigenvalue weighted by molar-refractivity contribution is 7.10. The second-order valence-electron chi connectivity index (χ2n) is 4.71. The first-order chi connectivity index (χ1) is 7.49. The summed E-state index contributed by atoms with van der Waals surface area (Å²) >= 11 is 7.64. The van der Waals surface area contributed by atoms with Crippen molar-refractivity contribution in [3.05, 3.63) is 21.3 Å². The number of halogens is 1. The molecule has 0 amide bonds. The topological polar surface area (TPSA) is 29.5 Å². The maximum atomic E-state index is 10.7. The van der Waals surface area contributed by atoms with Gasteiger partial charge in [0.1, 0.15) is 5.60 Å². The minimum absolute atomic E-state index is 0.236. The summed E-state index contributed by atoms with van der Waals surface area (Å²) in [7, 11) is 0. The van der Waals surface area contributed by atoms with E-state index in [4.69, 9.17) is 16.3 Å². The van der Waals surface area contributed by atoms with E-state index < -0.39 is 5.60 Å². The SMILES string of the molecule is CCC1(C)CC(O)(c2sccc2Cl)CCO1. The molecule has 0 bridgehead atoms. The summed E-state index contributed by atoms with van der Waals surface area (Å²) in [6.07, 6.45) is 2.15. The summed E-state index contributed by atoms with van der Waals surface area (Å²) in [4.78, 5) is 0.886. The van der Waals surface area contributed by atoms with Crippen LogP contribution in [0, 0.1) is 0 Å². The van der Waals surface area contributed by atoms with Crippen LogP contribution in [0.3, 0.4) is 0 Å². The Labute approximate surface area is 105 Å². The van der Waals surface area contributed by atoms with Crippen LogP contribution in [0.5, 0.6) is 0 Å². The Morgan fingerprint density at radius 3 is 2.94 bits per heavy atom. The zero-order valence-electron chi connectivity index (χ0n) is 9.62. The molecular weight excluding hydrogens is 244 g/mol. The molecule has 1 aromatic heterocycles. The molecule has 2 rings (SSSR count). The second-order valence-corrected chi connectivity index (χ2v) is 6.03. The van der Waals surface area contributed by atoms with Crippen molar-refractivity contribution in [3.63, 3.8) is 0 Å². The summed E-state index contributed by atoms with van der Waals surface area (Å²) in [5.41, 5.74) is -1.05.